The summed E-state index contributed by atoms with van der Waals surface area (Å²) in [6.45, 7) is 6.81. The Morgan fingerprint density at radius 3 is 2.54 bits per heavy atom. The molecular formula is C20H26N2O2. The summed E-state index contributed by atoms with van der Waals surface area (Å²) >= 11 is 0. The van der Waals surface area contributed by atoms with Crippen molar-refractivity contribution in [1.82, 2.24) is 10.2 Å². The van der Waals surface area contributed by atoms with Gasteiger partial charge in [-0.2, -0.15) is 0 Å². The summed E-state index contributed by atoms with van der Waals surface area (Å²) in [7, 11) is 0. The first kappa shape index (κ1) is 16.8. The third-order valence-corrected chi connectivity index (χ3v) is 4.75. The van der Waals surface area contributed by atoms with Gasteiger partial charge in [0, 0.05) is 12.5 Å². The van der Waals surface area contributed by atoms with Crippen molar-refractivity contribution in [1.29, 1.82) is 0 Å². The largest absolute Gasteiger partial charge is 0.464 e. The highest BCUT2D eigenvalue weighted by Crippen LogP contribution is 2.21. The van der Waals surface area contributed by atoms with Crippen LogP contribution in [-0.2, 0) is 11.3 Å². The number of hydrogen-bond acceptors (Lipinski definition) is 3. The lowest BCUT2D eigenvalue weighted by Crippen LogP contribution is -2.40. The number of rotatable bonds is 5. The molecule has 0 saturated carbocycles. The Labute approximate surface area is 143 Å². The summed E-state index contributed by atoms with van der Waals surface area (Å²) in [5.74, 6) is 1.95. The monoisotopic (exact) mass is 326 g/mol. The lowest BCUT2D eigenvalue weighted by molar-refractivity contribution is -0.127. The van der Waals surface area contributed by atoms with Crippen LogP contribution in [0.4, 0.5) is 0 Å². The van der Waals surface area contributed by atoms with Crippen LogP contribution >= 0.6 is 0 Å². The van der Waals surface area contributed by atoms with E-state index in [1.165, 1.54) is 5.56 Å². The van der Waals surface area contributed by atoms with Gasteiger partial charge in [0.1, 0.15) is 11.5 Å². The summed E-state index contributed by atoms with van der Waals surface area (Å²) in [4.78, 5) is 14.9. The van der Waals surface area contributed by atoms with Gasteiger partial charge in [0.2, 0.25) is 5.91 Å². The Bertz CT molecular complexity index is 657. The van der Waals surface area contributed by atoms with E-state index in [0.29, 0.717) is 0 Å². The first-order chi connectivity index (χ1) is 11.6. The number of piperidine rings is 1. The minimum Gasteiger partial charge on any atom is -0.464 e. The molecular weight excluding hydrogens is 300 g/mol. The van der Waals surface area contributed by atoms with E-state index in [0.717, 1.165) is 44.0 Å². The zero-order valence-corrected chi connectivity index (χ0v) is 14.5. The molecule has 0 aliphatic carbocycles. The lowest BCUT2D eigenvalue weighted by atomic mass is 9.95. The van der Waals surface area contributed by atoms with Crippen molar-refractivity contribution < 1.29 is 9.21 Å². The van der Waals surface area contributed by atoms with Crippen LogP contribution < -0.4 is 5.32 Å². The quantitative estimate of drug-likeness (QED) is 0.912. The number of nitrogens with zero attached hydrogens (tertiary/aromatic N) is 1. The molecule has 24 heavy (non-hydrogen) atoms. The van der Waals surface area contributed by atoms with Crippen molar-refractivity contribution in [2.75, 3.05) is 13.1 Å². The molecule has 2 heterocycles. The first-order valence-electron chi connectivity index (χ1n) is 8.75. The number of nitrogens with one attached hydrogen (secondary N) is 1. The van der Waals surface area contributed by atoms with Crippen LogP contribution in [0, 0.1) is 12.8 Å². The Hall–Kier alpha value is -2.07. The smallest absolute Gasteiger partial charge is 0.223 e. The zero-order valence-electron chi connectivity index (χ0n) is 14.5. The zero-order chi connectivity index (χ0) is 16.9. The second kappa shape index (κ2) is 7.67. The number of aryl methyl sites for hydroxylation is 1. The number of carbonyl (C=O) groups excluding carboxylic acids is 1. The predicted octanol–water partition coefficient (Wildman–Crippen LogP) is 3.68. The number of amides is 1. The van der Waals surface area contributed by atoms with Crippen LogP contribution in [-0.4, -0.2) is 23.9 Å². The molecule has 1 aromatic carbocycles. The van der Waals surface area contributed by atoms with Crippen molar-refractivity contribution in [3.63, 3.8) is 0 Å². The van der Waals surface area contributed by atoms with Crippen LogP contribution in [0.2, 0.25) is 0 Å². The van der Waals surface area contributed by atoms with E-state index < -0.39 is 0 Å². The van der Waals surface area contributed by atoms with Gasteiger partial charge in [-0.05, 0) is 57.5 Å². The topological polar surface area (TPSA) is 45.5 Å². The first-order valence-corrected chi connectivity index (χ1v) is 8.75. The van der Waals surface area contributed by atoms with E-state index in [4.69, 9.17) is 4.42 Å². The molecule has 1 aliphatic rings. The number of carbonyl (C=O) groups is 1. The SMILES string of the molecule is Cc1ccc([C@H](C)NC(=O)C2CCN(Cc3ccccc3)CC2)o1. The second-order valence-corrected chi connectivity index (χ2v) is 6.71. The summed E-state index contributed by atoms with van der Waals surface area (Å²) in [5.41, 5.74) is 1.34. The van der Waals surface area contributed by atoms with Crippen LogP contribution in [0.25, 0.3) is 0 Å². The summed E-state index contributed by atoms with van der Waals surface area (Å²) in [5, 5.41) is 3.09. The Kier molecular flexibility index (Phi) is 5.36. The molecule has 0 bridgehead atoms. The average molecular weight is 326 g/mol. The third kappa shape index (κ3) is 4.26. The molecule has 4 heteroatoms. The fraction of sp³-hybridized carbons (Fsp3) is 0.450. The van der Waals surface area contributed by atoms with Gasteiger partial charge < -0.3 is 9.73 Å². The molecule has 2 aromatic rings. The summed E-state index contributed by atoms with van der Waals surface area (Å²) in [6, 6.07) is 14.3. The maximum atomic E-state index is 12.5. The summed E-state index contributed by atoms with van der Waals surface area (Å²) < 4.78 is 5.59. The van der Waals surface area contributed by atoms with Crippen molar-refractivity contribution in [3.8, 4) is 0 Å². The number of furan rings is 1. The van der Waals surface area contributed by atoms with Crippen molar-refractivity contribution in [2.24, 2.45) is 5.92 Å². The van der Waals surface area contributed by atoms with Crippen LogP contribution in [0.1, 0.15) is 42.9 Å². The molecule has 4 nitrogen and oxygen atoms in total. The number of benzene rings is 1. The van der Waals surface area contributed by atoms with E-state index in [9.17, 15) is 4.79 Å². The molecule has 1 saturated heterocycles. The standard InChI is InChI=1S/C20H26N2O2/c1-15-8-9-19(24-15)16(2)21-20(23)18-10-12-22(13-11-18)14-17-6-4-3-5-7-17/h3-9,16,18H,10-14H2,1-2H3,(H,21,23)/t16-/m0/s1. The normalized spacial score (nSPS) is 17.6. The molecule has 3 rings (SSSR count). The van der Waals surface area contributed by atoms with Gasteiger partial charge in [-0.1, -0.05) is 30.3 Å². The van der Waals surface area contributed by atoms with Gasteiger partial charge in [-0.25, -0.2) is 0 Å². The Balaban J connectivity index is 1.46. The van der Waals surface area contributed by atoms with Gasteiger partial charge in [0.15, 0.2) is 0 Å². The molecule has 0 spiro atoms. The number of likely N-dealkylation sites (tertiary alicyclic amines) is 1. The van der Waals surface area contributed by atoms with Gasteiger partial charge in [0.25, 0.3) is 0 Å². The Morgan fingerprint density at radius 2 is 1.92 bits per heavy atom. The molecule has 1 fully saturated rings. The second-order valence-electron chi connectivity index (χ2n) is 6.71. The fourth-order valence-corrected chi connectivity index (χ4v) is 3.28. The fourth-order valence-electron chi connectivity index (χ4n) is 3.28. The Morgan fingerprint density at radius 1 is 1.21 bits per heavy atom. The van der Waals surface area contributed by atoms with E-state index in [-0.39, 0.29) is 17.9 Å². The maximum Gasteiger partial charge on any atom is 0.223 e. The molecule has 1 N–H and O–H groups in total. The van der Waals surface area contributed by atoms with Gasteiger partial charge in [-0.15, -0.1) is 0 Å². The summed E-state index contributed by atoms with van der Waals surface area (Å²) in [6.07, 6.45) is 1.84. The highest BCUT2D eigenvalue weighted by Gasteiger charge is 2.26. The molecule has 1 aromatic heterocycles. The highest BCUT2D eigenvalue weighted by atomic mass is 16.3. The van der Waals surface area contributed by atoms with Gasteiger partial charge in [-0.3, -0.25) is 9.69 Å². The highest BCUT2D eigenvalue weighted by molar-refractivity contribution is 5.79. The molecule has 0 unspecified atom stereocenters. The maximum absolute atomic E-state index is 12.5. The van der Waals surface area contributed by atoms with E-state index in [2.05, 4.69) is 34.5 Å². The van der Waals surface area contributed by atoms with E-state index in [1.807, 2.05) is 32.0 Å². The lowest BCUT2D eigenvalue weighted by Gasteiger charge is -2.31. The van der Waals surface area contributed by atoms with Crippen LogP contribution in [0.5, 0.6) is 0 Å². The molecule has 0 radical (unpaired) electrons. The van der Waals surface area contributed by atoms with Gasteiger partial charge >= 0.3 is 0 Å². The van der Waals surface area contributed by atoms with Crippen LogP contribution in [0.3, 0.4) is 0 Å². The molecule has 128 valence electrons. The molecule has 1 amide bonds. The molecule has 1 atom stereocenters. The van der Waals surface area contributed by atoms with Crippen LogP contribution in [0.15, 0.2) is 46.9 Å². The van der Waals surface area contributed by atoms with Crippen molar-refractivity contribution in [2.45, 2.75) is 39.3 Å². The van der Waals surface area contributed by atoms with E-state index >= 15 is 0 Å². The molecule has 1 aliphatic heterocycles. The third-order valence-electron chi connectivity index (χ3n) is 4.75. The van der Waals surface area contributed by atoms with Crippen molar-refractivity contribution in [3.05, 3.63) is 59.5 Å². The minimum atomic E-state index is -0.0754. The van der Waals surface area contributed by atoms with Gasteiger partial charge in [0.05, 0.1) is 6.04 Å². The van der Waals surface area contributed by atoms with E-state index in [1.54, 1.807) is 0 Å². The number of hydrogen-bond donors (Lipinski definition) is 1. The average Bonchev–Trinajstić information content (AvgIpc) is 3.03. The van der Waals surface area contributed by atoms with Crippen molar-refractivity contribution >= 4 is 5.91 Å². The minimum absolute atomic E-state index is 0.0754. The predicted molar refractivity (Wildman–Crippen MR) is 94.4 cm³/mol.